The Morgan fingerprint density at radius 1 is 1.24 bits per heavy atom. The zero-order chi connectivity index (χ0) is 12.5. The highest BCUT2D eigenvalue weighted by Gasteiger charge is 1.97. The average Bonchev–Trinajstić information content (AvgIpc) is 2.35. The summed E-state index contributed by atoms with van der Waals surface area (Å²) in [6.45, 7) is 3.84. The van der Waals surface area contributed by atoms with Crippen LogP contribution in [0.15, 0.2) is 29.3 Å². The first-order chi connectivity index (χ1) is 8.26. The Hall–Kier alpha value is -1.16. The van der Waals surface area contributed by atoms with Crippen molar-refractivity contribution < 1.29 is 0 Å². The van der Waals surface area contributed by atoms with Gasteiger partial charge in [-0.15, -0.1) is 0 Å². The number of guanidine groups is 1. The van der Waals surface area contributed by atoms with Crippen LogP contribution in [0.3, 0.4) is 0 Å². The fraction of sp³-hybridized carbons (Fsp3) is 0.462. The summed E-state index contributed by atoms with van der Waals surface area (Å²) in [5.74, 6) is 1.95. The second kappa shape index (κ2) is 8.01. The second-order valence-corrected chi connectivity index (χ2v) is 4.82. The molecule has 0 saturated carbocycles. The summed E-state index contributed by atoms with van der Waals surface area (Å²) in [4.78, 5) is 4.18. The summed E-state index contributed by atoms with van der Waals surface area (Å²) in [7, 11) is 1.80. The molecule has 1 rings (SSSR count). The van der Waals surface area contributed by atoms with Crippen LogP contribution in [0.5, 0.6) is 0 Å². The van der Waals surface area contributed by atoms with E-state index >= 15 is 0 Å². The highest BCUT2D eigenvalue weighted by Crippen LogP contribution is 2.02. The first kappa shape index (κ1) is 13.9. The molecule has 0 aliphatic rings. The smallest absolute Gasteiger partial charge is 0.191 e. The molecule has 0 aliphatic heterocycles. The molecule has 0 atom stereocenters. The molecule has 2 N–H and O–H groups in total. The molecular weight excluding hydrogens is 230 g/mol. The number of nitrogens with one attached hydrogen (secondary N) is 2. The van der Waals surface area contributed by atoms with E-state index in [9.17, 15) is 0 Å². The fourth-order valence-corrected chi connectivity index (χ4v) is 1.69. The van der Waals surface area contributed by atoms with Gasteiger partial charge in [-0.1, -0.05) is 29.8 Å². The van der Waals surface area contributed by atoms with E-state index in [1.54, 1.807) is 7.05 Å². The maximum Gasteiger partial charge on any atom is 0.191 e. The van der Waals surface area contributed by atoms with Crippen molar-refractivity contribution in [1.82, 2.24) is 10.6 Å². The topological polar surface area (TPSA) is 36.4 Å². The molecule has 0 unspecified atom stereocenters. The minimum absolute atomic E-state index is 0.805. The van der Waals surface area contributed by atoms with Crippen molar-refractivity contribution in [3.05, 3.63) is 35.4 Å². The van der Waals surface area contributed by atoms with Crippen LogP contribution in [0.1, 0.15) is 11.1 Å². The summed E-state index contributed by atoms with van der Waals surface area (Å²) in [5, 5.41) is 6.56. The Morgan fingerprint density at radius 2 is 1.94 bits per heavy atom. The molecule has 1 aromatic rings. The SMILES string of the molecule is CN=C(NCCSC)NCc1ccc(C)cc1. The molecule has 0 amide bonds. The molecule has 94 valence electrons. The van der Waals surface area contributed by atoms with E-state index in [2.05, 4.69) is 53.1 Å². The van der Waals surface area contributed by atoms with Crippen LogP contribution in [0.4, 0.5) is 0 Å². The number of nitrogens with zero attached hydrogens (tertiary/aromatic N) is 1. The largest absolute Gasteiger partial charge is 0.356 e. The Bertz CT molecular complexity index is 346. The fourth-order valence-electron chi connectivity index (χ4n) is 1.38. The lowest BCUT2D eigenvalue weighted by Gasteiger charge is -2.11. The van der Waals surface area contributed by atoms with Crippen molar-refractivity contribution >= 4 is 17.7 Å². The van der Waals surface area contributed by atoms with Crippen LogP contribution in [0, 0.1) is 6.92 Å². The minimum atomic E-state index is 0.805. The van der Waals surface area contributed by atoms with Crippen LogP contribution in [-0.4, -0.2) is 31.6 Å². The van der Waals surface area contributed by atoms with Gasteiger partial charge in [-0.05, 0) is 18.7 Å². The van der Waals surface area contributed by atoms with Crippen LogP contribution in [0.25, 0.3) is 0 Å². The molecule has 0 radical (unpaired) electrons. The molecule has 0 fully saturated rings. The van der Waals surface area contributed by atoms with E-state index in [0.29, 0.717) is 0 Å². The Labute approximate surface area is 108 Å². The molecule has 3 nitrogen and oxygen atoms in total. The van der Waals surface area contributed by atoms with E-state index < -0.39 is 0 Å². The Morgan fingerprint density at radius 3 is 2.53 bits per heavy atom. The third-order valence-electron chi connectivity index (χ3n) is 2.40. The molecule has 17 heavy (non-hydrogen) atoms. The highest BCUT2D eigenvalue weighted by molar-refractivity contribution is 7.98. The van der Waals surface area contributed by atoms with Gasteiger partial charge in [0.1, 0.15) is 0 Å². The standard InChI is InChI=1S/C13H21N3S/c1-11-4-6-12(7-5-11)10-16-13(14-2)15-8-9-17-3/h4-7H,8-10H2,1-3H3,(H2,14,15,16). The van der Waals surface area contributed by atoms with Gasteiger partial charge >= 0.3 is 0 Å². The minimum Gasteiger partial charge on any atom is -0.356 e. The third-order valence-corrected chi connectivity index (χ3v) is 3.02. The molecule has 1 aromatic carbocycles. The number of rotatable bonds is 5. The van der Waals surface area contributed by atoms with E-state index in [-0.39, 0.29) is 0 Å². The van der Waals surface area contributed by atoms with Crippen molar-refractivity contribution in [3.63, 3.8) is 0 Å². The maximum absolute atomic E-state index is 4.18. The van der Waals surface area contributed by atoms with Gasteiger partial charge in [-0.2, -0.15) is 11.8 Å². The van der Waals surface area contributed by atoms with Crippen LogP contribution >= 0.6 is 11.8 Å². The van der Waals surface area contributed by atoms with Gasteiger partial charge in [0.15, 0.2) is 5.96 Å². The predicted molar refractivity (Wildman–Crippen MR) is 77.8 cm³/mol. The van der Waals surface area contributed by atoms with Gasteiger partial charge in [-0.3, -0.25) is 4.99 Å². The van der Waals surface area contributed by atoms with E-state index in [4.69, 9.17) is 0 Å². The van der Waals surface area contributed by atoms with Crippen molar-refractivity contribution in [2.75, 3.05) is 25.6 Å². The molecule has 0 aliphatic carbocycles. The number of benzene rings is 1. The van der Waals surface area contributed by atoms with Gasteiger partial charge in [-0.25, -0.2) is 0 Å². The lowest BCUT2D eigenvalue weighted by atomic mass is 10.1. The van der Waals surface area contributed by atoms with Crippen molar-refractivity contribution in [2.45, 2.75) is 13.5 Å². The molecule has 0 heterocycles. The van der Waals surface area contributed by atoms with E-state index in [0.717, 1.165) is 24.8 Å². The summed E-state index contributed by atoms with van der Waals surface area (Å²) < 4.78 is 0. The predicted octanol–water partition coefficient (Wildman–Crippen LogP) is 2.02. The van der Waals surface area contributed by atoms with Crippen LogP contribution in [-0.2, 0) is 6.54 Å². The maximum atomic E-state index is 4.18. The Balaban J connectivity index is 2.35. The van der Waals surface area contributed by atoms with E-state index in [1.807, 2.05) is 11.8 Å². The van der Waals surface area contributed by atoms with Gasteiger partial charge in [0, 0.05) is 25.9 Å². The quantitative estimate of drug-likeness (QED) is 0.477. The molecule has 0 saturated heterocycles. The molecular formula is C13H21N3S. The second-order valence-electron chi connectivity index (χ2n) is 3.83. The summed E-state index contributed by atoms with van der Waals surface area (Å²) in [6, 6.07) is 8.52. The third kappa shape index (κ3) is 5.63. The summed E-state index contributed by atoms with van der Waals surface area (Å²) in [5.41, 5.74) is 2.56. The summed E-state index contributed by atoms with van der Waals surface area (Å²) in [6.07, 6.45) is 2.10. The lowest BCUT2D eigenvalue weighted by Crippen LogP contribution is -2.37. The monoisotopic (exact) mass is 251 g/mol. The van der Waals surface area contributed by atoms with Crippen molar-refractivity contribution in [2.24, 2.45) is 4.99 Å². The molecule has 0 bridgehead atoms. The summed E-state index contributed by atoms with van der Waals surface area (Å²) >= 11 is 1.82. The molecule has 0 spiro atoms. The number of hydrogen-bond donors (Lipinski definition) is 2. The van der Waals surface area contributed by atoms with Gasteiger partial charge in [0.25, 0.3) is 0 Å². The van der Waals surface area contributed by atoms with Crippen molar-refractivity contribution in [1.29, 1.82) is 0 Å². The number of aliphatic imine (C=N–C) groups is 1. The first-order valence-electron chi connectivity index (χ1n) is 5.75. The zero-order valence-corrected chi connectivity index (χ0v) is 11.6. The average molecular weight is 251 g/mol. The Kier molecular flexibility index (Phi) is 6.55. The highest BCUT2D eigenvalue weighted by atomic mass is 32.2. The number of hydrogen-bond acceptors (Lipinski definition) is 2. The van der Waals surface area contributed by atoms with Crippen LogP contribution < -0.4 is 10.6 Å². The van der Waals surface area contributed by atoms with E-state index in [1.165, 1.54) is 11.1 Å². The number of thioether (sulfide) groups is 1. The van der Waals surface area contributed by atoms with Crippen molar-refractivity contribution in [3.8, 4) is 0 Å². The van der Waals surface area contributed by atoms with Gasteiger partial charge in [0.2, 0.25) is 0 Å². The lowest BCUT2D eigenvalue weighted by molar-refractivity contribution is 0.833. The molecule has 0 aromatic heterocycles. The molecule has 4 heteroatoms. The number of aryl methyl sites for hydroxylation is 1. The first-order valence-corrected chi connectivity index (χ1v) is 7.14. The van der Waals surface area contributed by atoms with Gasteiger partial charge < -0.3 is 10.6 Å². The van der Waals surface area contributed by atoms with Crippen LogP contribution in [0.2, 0.25) is 0 Å². The normalized spacial score (nSPS) is 11.4. The van der Waals surface area contributed by atoms with Gasteiger partial charge in [0.05, 0.1) is 0 Å². The zero-order valence-electron chi connectivity index (χ0n) is 10.8.